The van der Waals surface area contributed by atoms with Gasteiger partial charge in [-0.2, -0.15) is 0 Å². The van der Waals surface area contributed by atoms with Gasteiger partial charge in [-0.15, -0.1) is 0 Å². The molecule has 2 aliphatic carbocycles. The summed E-state index contributed by atoms with van der Waals surface area (Å²) in [4.78, 5) is 26.7. The first-order valence-electron chi connectivity index (χ1n) is 10.9. The molecule has 2 saturated carbocycles. The van der Waals surface area contributed by atoms with Gasteiger partial charge in [-0.3, -0.25) is 9.59 Å². The van der Waals surface area contributed by atoms with Gasteiger partial charge in [0.1, 0.15) is 0 Å². The molecule has 0 bridgehead atoms. The topological polar surface area (TPSA) is 49.4 Å². The van der Waals surface area contributed by atoms with E-state index in [4.69, 9.17) is 0 Å². The molecule has 0 atom stereocenters. The van der Waals surface area contributed by atoms with Crippen LogP contribution >= 0.6 is 0 Å². The van der Waals surface area contributed by atoms with Crippen molar-refractivity contribution in [3.05, 3.63) is 35.4 Å². The van der Waals surface area contributed by atoms with E-state index >= 15 is 0 Å². The predicted octanol–water partition coefficient (Wildman–Crippen LogP) is 3.94. The Morgan fingerprint density at radius 3 is 2.19 bits per heavy atom. The zero-order valence-electron chi connectivity index (χ0n) is 16.3. The molecule has 0 radical (unpaired) electrons. The van der Waals surface area contributed by atoms with Crippen molar-refractivity contribution >= 4 is 11.8 Å². The number of amides is 2. The molecular formula is C23H32N2O2. The van der Waals surface area contributed by atoms with Gasteiger partial charge in [0.2, 0.25) is 5.91 Å². The second kappa shape index (κ2) is 8.45. The summed E-state index contributed by atoms with van der Waals surface area (Å²) in [5.74, 6) is 1.45. The lowest BCUT2D eigenvalue weighted by atomic mass is 9.89. The molecule has 0 unspecified atom stereocenters. The third kappa shape index (κ3) is 4.91. The fourth-order valence-electron chi connectivity index (χ4n) is 4.59. The van der Waals surface area contributed by atoms with Gasteiger partial charge in [-0.1, -0.05) is 31.4 Å². The lowest BCUT2D eigenvalue weighted by Crippen LogP contribution is -2.39. The molecule has 0 spiro atoms. The number of rotatable bonds is 5. The highest BCUT2D eigenvalue weighted by Crippen LogP contribution is 2.33. The van der Waals surface area contributed by atoms with E-state index < -0.39 is 0 Å². The highest BCUT2D eigenvalue weighted by atomic mass is 16.2. The van der Waals surface area contributed by atoms with Gasteiger partial charge in [0.25, 0.3) is 5.91 Å². The second-order valence-corrected chi connectivity index (χ2v) is 8.75. The zero-order chi connectivity index (χ0) is 18.6. The molecule has 3 fully saturated rings. The van der Waals surface area contributed by atoms with Crippen LogP contribution in [0.1, 0.15) is 73.7 Å². The minimum atomic E-state index is 0.0698. The molecule has 0 aromatic heterocycles. The molecule has 1 N–H and O–H groups in total. The maximum absolute atomic E-state index is 12.4. The summed E-state index contributed by atoms with van der Waals surface area (Å²) >= 11 is 0. The highest BCUT2D eigenvalue weighted by Gasteiger charge is 2.34. The average molecular weight is 369 g/mol. The van der Waals surface area contributed by atoms with E-state index in [0.717, 1.165) is 63.6 Å². The van der Waals surface area contributed by atoms with E-state index in [1.165, 1.54) is 24.8 Å². The van der Waals surface area contributed by atoms with Gasteiger partial charge in [-0.25, -0.2) is 0 Å². The van der Waals surface area contributed by atoms with Crippen LogP contribution in [0.5, 0.6) is 0 Å². The normalized spacial score (nSPS) is 21.9. The average Bonchev–Trinajstić information content (AvgIpc) is 3.55. The Bertz CT molecular complexity index is 651. The van der Waals surface area contributed by atoms with Gasteiger partial charge in [0.05, 0.1) is 0 Å². The van der Waals surface area contributed by atoms with E-state index in [1.54, 1.807) is 0 Å². The Morgan fingerprint density at radius 1 is 0.889 bits per heavy atom. The molecule has 2 amide bonds. The number of benzene rings is 1. The molecule has 4 rings (SSSR count). The maximum atomic E-state index is 12.4. The van der Waals surface area contributed by atoms with Gasteiger partial charge in [0.15, 0.2) is 0 Å². The van der Waals surface area contributed by atoms with Crippen LogP contribution in [0.15, 0.2) is 24.3 Å². The summed E-state index contributed by atoms with van der Waals surface area (Å²) < 4.78 is 0. The number of nitrogens with zero attached hydrogens (tertiary/aromatic N) is 1. The minimum absolute atomic E-state index is 0.0698. The van der Waals surface area contributed by atoms with Crippen molar-refractivity contribution in [1.29, 1.82) is 0 Å². The SMILES string of the molecule is O=C(NC1CCCCC1)c1ccc(CC2CCN(C(=O)C3CC3)CC2)cc1. The van der Waals surface area contributed by atoms with Crippen molar-refractivity contribution in [2.24, 2.45) is 11.8 Å². The fourth-order valence-corrected chi connectivity index (χ4v) is 4.59. The van der Waals surface area contributed by atoms with Crippen LogP contribution in [0.25, 0.3) is 0 Å². The summed E-state index contributed by atoms with van der Waals surface area (Å²) in [5, 5.41) is 3.19. The molecule has 4 heteroatoms. The first-order valence-corrected chi connectivity index (χ1v) is 10.9. The smallest absolute Gasteiger partial charge is 0.251 e. The number of piperidine rings is 1. The molecule has 1 aromatic rings. The molecule has 146 valence electrons. The van der Waals surface area contributed by atoms with Crippen molar-refractivity contribution < 1.29 is 9.59 Å². The largest absolute Gasteiger partial charge is 0.349 e. The zero-order valence-corrected chi connectivity index (χ0v) is 16.3. The molecule has 4 nitrogen and oxygen atoms in total. The standard InChI is InChI=1S/C23H32N2O2/c26-22(24-21-4-2-1-3-5-21)19-8-6-17(7-9-19)16-18-12-14-25(15-13-18)23(27)20-10-11-20/h6-9,18,20-21H,1-5,10-16H2,(H,24,26). The van der Waals surface area contributed by atoms with E-state index in [2.05, 4.69) is 22.3 Å². The van der Waals surface area contributed by atoms with Crippen molar-refractivity contribution in [1.82, 2.24) is 10.2 Å². The van der Waals surface area contributed by atoms with Crippen LogP contribution in [-0.4, -0.2) is 35.8 Å². The number of nitrogens with one attached hydrogen (secondary N) is 1. The number of carbonyl (C=O) groups is 2. The molecular weight excluding hydrogens is 336 g/mol. The Kier molecular flexibility index (Phi) is 5.80. The summed E-state index contributed by atoms with van der Waals surface area (Å²) in [5.41, 5.74) is 2.07. The molecule has 3 aliphatic rings. The van der Waals surface area contributed by atoms with Crippen LogP contribution in [0.3, 0.4) is 0 Å². The molecule has 1 saturated heterocycles. The van der Waals surface area contributed by atoms with E-state index in [1.807, 2.05) is 12.1 Å². The lowest BCUT2D eigenvalue weighted by Gasteiger charge is -2.32. The molecule has 1 heterocycles. The summed E-state index contributed by atoms with van der Waals surface area (Å²) in [7, 11) is 0. The third-order valence-electron chi connectivity index (χ3n) is 6.53. The second-order valence-electron chi connectivity index (χ2n) is 8.75. The number of hydrogen-bond donors (Lipinski definition) is 1. The number of likely N-dealkylation sites (tertiary alicyclic amines) is 1. The summed E-state index contributed by atoms with van der Waals surface area (Å²) in [6, 6.07) is 8.52. The van der Waals surface area contributed by atoms with Crippen LogP contribution in [0.2, 0.25) is 0 Å². The molecule has 27 heavy (non-hydrogen) atoms. The lowest BCUT2D eigenvalue weighted by molar-refractivity contribution is -0.133. The number of hydrogen-bond acceptors (Lipinski definition) is 2. The first-order chi connectivity index (χ1) is 13.2. The van der Waals surface area contributed by atoms with Gasteiger partial charge >= 0.3 is 0 Å². The van der Waals surface area contributed by atoms with E-state index in [0.29, 0.717) is 23.8 Å². The van der Waals surface area contributed by atoms with E-state index in [9.17, 15) is 9.59 Å². The maximum Gasteiger partial charge on any atom is 0.251 e. The Balaban J connectivity index is 1.24. The van der Waals surface area contributed by atoms with Crippen molar-refractivity contribution in [2.45, 2.75) is 70.3 Å². The van der Waals surface area contributed by atoms with Crippen LogP contribution in [0.4, 0.5) is 0 Å². The van der Waals surface area contributed by atoms with Crippen molar-refractivity contribution in [3.63, 3.8) is 0 Å². The van der Waals surface area contributed by atoms with Crippen LogP contribution in [-0.2, 0) is 11.2 Å². The van der Waals surface area contributed by atoms with Crippen LogP contribution < -0.4 is 5.32 Å². The Morgan fingerprint density at radius 2 is 1.56 bits per heavy atom. The Hall–Kier alpha value is -1.84. The first kappa shape index (κ1) is 18.5. The van der Waals surface area contributed by atoms with Crippen molar-refractivity contribution in [3.8, 4) is 0 Å². The number of carbonyl (C=O) groups excluding carboxylic acids is 2. The van der Waals surface area contributed by atoms with Gasteiger partial charge < -0.3 is 10.2 Å². The van der Waals surface area contributed by atoms with Crippen LogP contribution in [0, 0.1) is 11.8 Å². The fraction of sp³-hybridized carbons (Fsp3) is 0.652. The highest BCUT2D eigenvalue weighted by molar-refractivity contribution is 5.94. The quantitative estimate of drug-likeness (QED) is 0.856. The summed E-state index contributed by atoms with van der Waals surface area (Å²) in [6.45, 7) is 1.84. The van der Waals surface area contributed by atoms with Gasteiger partial charge in [-0.05, 0) is 68.6 Å². The van der Waals surface area contributed by atoms with E-state index in [-0.39, 0.29) is 5.91 Å². The van der Waals surface area contributed by atoms with Crippen molar-refractivity contribution in [2.75, 3.05) is 13.1 Å². The third-order valence-corrected chi connectivity index (χ3v) is 6.53. The minimum Gasteiger partial charge on any atom is -0.349 e. The summed E-state index contributed by atoms with van der Waals surface area (Å²) in [6.07, 6.45) is 11.4. The van der Waals surface area contributed by atoms with Gasteiger partial charge in [0, 0.05) is 30.6 Å². The monoisotopic (exact) mass is 368 g/mol. The molecule has 1 aliphatic heterocycles. The Labute approximate surface area is 162 Å². The predicted molar refractivity (Wildman–Crippen MR) is 107 cm³/mol. The molecule has 1 aromatic carbocycles.